The number of methoxy groups -OCH3 is 3. The Bertz CT molecular complexity index is 423. The van der Waals surface area contributed by atoms with Crippen LogP contribution in [0.25, 0.3) is 0 Å². The highest BCUT2D eigenvalue weighted by Gasteiger charge is 2.26. The van der Waals surface area contributed by atoms with E-state index in [4.69, 9.17) is 9.47 Å². The molecule has 1 aromatic rings. The number of halogens is 2. The fourth-order valence-corrected chi connectivity index (χ4v) is 2.42. The summed E-state index contributed by atoms with van der Waals surface area (Å²) in [5, 5.41) is 0. The first kappa shape index (κ1) is 15.3. The summed E-state index contributed by atoms with van der Waals surface area (Å²) < 4.78 is 15.1. The molecule has 0 fully saturated rings. The molecule has 0 unspecified atom stereocenters. The number of alkyl halides is 2. The van der Waals surface area contributed by atoms with Crippen LogP contribution in [0.1, 0.15) is 10.4 Å². The zero-order valence-electron chi connectivity index (χ0n) is 10.3. The molecule has 0 bridgehead atoms. The molecule has 2 atom stereocenters. The van der Waals surface area contributed by atoms with Crippen LogP contribution in [-0.2, 0) is 9.53 Å². The van der Waals surface area contributed by atoms with Crippen molar-refractivity contribution in [1.29, 1.82) is 0 Å². The standard InChI is InChI=1S/C12H14Br2O4/c1-16-8-5-4-7(6-9(8)17-2)10(13)11(14)12(15)18-3/h4-6,10-11H,1-3H3/t10-,11-/m1/s1. The highest BCUT2D eigenvalue weighted by Crippen LogP contribution is 2.36. The number of carbonyl (C=O) groups is 1. The molecule has 100 valence electrons. The molecular formula is C12H14Br2O4. The van der Waals surface area contributed by atoms with Crippen molar-refractivity contribution in [3.05, 3.63) is 23.8 Å². The molecule has 0 N–H and O–H groups in total. The van der Waals surface area contributed by atoms with Crippen LogP contribution in [0, 0.1) is 0 Å². The number of benzene rings is 1. The van der Waals surface area contributed by atoms with E-state index in [2.05, 4.69) is 36.6 Å². The Kier molecular flexibility index (Phi) is 5.95. The van der Waals surface area contributed by atoms with E-state index < -0.39 is 4.83 Å². The quantitative estimate of drug-likeness (QED) is 0.580. The van der Waals surface area contributed by atoms with Crippen LogP contribution in [0.4, 0.5) is 0 Å². The fourth-order valence-electron chi connectivity index (χ4n) is 1.43. The molecule has 1 aromatic carbocycles. The predicted molar refractivity (Wildman–Crippen MR) is 75.9 cm³/mol. The van der Waals surface area contributed by atoms with Crippen LogP contribution in [-0.4, -0.2) is 32.1 Å². The predicted octanol–water partition coefficient (Wildman–Crippen LogP) is 3.08. The Morgan fingerprint density at radius 3 is 2.22 bits per heavy atom. The highest BCUT2D eigenvalue weighted by molar-refractivity contribution is 9.12. The van der Waals surface area contributed by atoms with Crippen LogP contribution >= 0.6 is 31.9 Å². The lowest BCUT2D eigenvalue weighted by atomic mass is 10.1. The molecule has 0 radical (unpaired) electrons. The van der Waals surface area contributed by atoms with E-state index in [0.717, 1.165) is 5.56 Å². The van der Waals surface area contributed by atoms with Crippen molar-refractivity contribution < 1.29 is 19.0 Å². The Morgan fingerprint density at radius 2 is 1.72 bits per heavy atom. The van der Waals surface area contributed by atoms with Crippen LogP contribution in [0.3, 0.4) is 0 Å². The van der Waals surface area contributed by atoms with Gasteiger partial charge in [0.25, 0.3) is 0 Å². The Hall–Kier alpha value is -0.750. The minimum atomic E-state index is -0.472. The van der Waals surface area contributed by atoms with Gasteiger partial charge < -0.3 is 14.2 Å². The summed E-state index contributed by atoms with van der Waals surface area (Å²) in [7, 11) is 4.49. The number of ether oxygens (including phenoxy) is 3. The summed E-state index contributed by atoms with van der Waals surface area (Å²) in [4.78, 5) is 10.8. The van der Waals surface area contributed by atoms with Crippen molar-refractivity contribution in [2.24, 2.45) is 0 Å². The van der Waals surface area contributed by atoms with Gasteiger partial charge in [-0.15, -0.1) is 0 Å². The number of esters is 1. The molecule has 0 aliphatic rings. The molecule has 1 rings (SSSR count). The zero-order chi connectivity index (χ0) is 13.7. The minimum absolute atomic E-state index is 0.218. The number of carbonyl (C=O) groups excluding carboxylic acids is 1. The van der Waals surface area contributed by atoms with Gasteiger partial charge in [0.05, 0.1) is 26.2 Å². The van der Waals surface area contributed by atoms with Gasteiger partial charge in [-0.2, -0.15) is 0 Å². The maximum atomic E-state index is 11.4. The molecule has 6 heteroatoms. The fraction of sp³-hybridized carbons (Fsp3) is 0.417. The third-order valence-electron chi connectivity index (χ3n) is 2.41. The Morgan fingerprint density at radius 1 is 1.11 bits per heavy atom. The topological polar surface area (TPSA) is 44.8 Å². The first-order chi connectivity index (χ1) is 8.54. The van der Waals surface area contributed by atoms with E-state index >= 15 is 0 Å². The van der Waals surface area contributed by atoms with E-state index in [-0.39, 0.29) is 10.8 Å². The van der Waals surface area contributed by atoms with Gasteiger partial charge in [0.2, 0.25) is 0 Å². The Labute approximate surface area is 123 Å². The third kappa shape index (κ3) is 3.38. The number of rotatable bonds is 5. The first-order valence-electron chi connectivity index (χ1n) is 5.13. The van der Waals surface area contributed by atoms with Crippen LogP contribution in [0.2, 0.25) is 0 Å². The van der Waals surface area contributed by atoms with Gasteiger partial charge >= 0.3 is 5.97 Å². The van der Waals surface area contributed by atoms with Crippen molar-refractivity contribution in [3.63, 3.8) is 0 Å². The molecule has 18 heavy (non-hydrogen) atoms. The second-order valence-corrected chi connectivity index (χ2v) is 5.41. The van der Waals surface area contributed by atoms with Crippen molar-refractivity contribution in [2.75, 3.05) is 21.3 Å². The van der Waals surface area contributed by atoms with E-state index in [1.807, 2.05) is 12.1 Å². The van der Waals surface area contributed by atoms with Gasteiger partial charge in [-0.05, 0) is 17.7 Å². The lowest BCUT2D eigenvalue weighted by molar-refractivity contribution is -0.139. The normalized spacial score (nSPS) is 13.6. The molecule has 0 saturated heterocycles. The summed E-state index contributed by atoms with van der Waals surface area (Å²) in [6.45, 7) is 0. The molecule has 0 aliphatic carbocycles. The molecule has 4 nitrogen and oxygen atoms in total. The molecule has 0 saturated carbocycles. The van der Waals surface area contributed by atoms with E-state index in [0.29, 0.717) is 11.5 Å². The van der Waals surface area contributed by atoms with E-state index in [9.17, 15) is 4.79 Å². The molecular weight excluding hydrogens is 368 g/mol. The van der Waals surface area contributed by atoms with Gasteiger partial charge in [0.15, 0.2) is 11.5 Å². The van der Waals surface area contributed by atoms with Gasteiger partial charge in [-0.25, -0.2) is 0 Å². The average Bonchev–Trinajstić information content (AvgIpc) is 2.43. The van der Waals surface area contributed by atoms with E-state index in [1.54, 1.807) is 20.3 Å². The number of hydrogen-bond donors (Lipinski definition) is 0. The second kappa shape index (κ2) is 6.99. The summed E-state index contributed by atoms with van der Waals surface area (Å²) in [5.74, 6) is 0.917. The number of hydrogen-bond acceptors (Lipinski definition) is 4. The lowest BCUT2D eigenvalue weighted by Gasteiger charge is -2.16. The van der Waals surface area contributed by atoms with Gasteiger partial charge in [-0.1, -0.05) is 37.9 Å². The molecule has 0 heterocycles. The molecule has 0 spiro atoms. The summed E-state index contributed by atoms with van der Waals surface area (Å²) in [5.41, 5.74) is 0.889. The monoisotopic (exact) mass is 380 g/mol. The molecule has 0 aliphatic heterocycles. The van der Waals surface area contributed by atoms with Gasteiger partial charge in [0.1, 0.15) is 4.83 Å². The minimum Gasteiger partial charge on any atom is -0.493 e. The first-order valence-corrected chi connectivity index (χ1v) is 6.96. The zero-order valence-corrected chi connectivity index (χ0v) is 13.4. The molecule has 0 aromatic heterocycles. The van der Waals surface area contributed by atoms with Crippen LogP contribution < -0.4 is 9.47 Å². The summed E-state index contributed by atoms with van der Waals surface area (Å²) >= 11 is 6.75. The van der Waals surface area contributed by atoms with Crippen molar-refractivity contribution >= 4 is 37.8 Å². The van der Waals surface area contributed by atoms with Crippen LogP contribution in [0.5, 0.6) is 11.5 Å². The van der Waals surface area contributed by atoms with Crippen molar-refractivity contribution in [1.82, 2.24) is 0 Å². The largest absolute Gasteiger partial charge is 0.493 e. The van der Waals surface area contributed by atoms with Gasteiger partial charge in [-0.3, -0.25) is 4.79 Å². The SMILES string of the molecule is COC(=O)[C@H](Br)[C@H](Br)c1ccc(OC)c(OC)c1. The Balaban J connectivity index is 2.99. The van der Waals surface area contributed by atoms with Crippen molar-refractivity contribution in [2.45, 2.75) is 9.65 Å². The summed E-state index contributed by atoms with van der Waals surface area (Å²) in [6, 6.07) is 5.47. The summed E-state index contributed by atoms with van der Waals surface area (Å²) in [6.07, 6.45) is 0. The lowest BCUT2D eigenvalue weighted by Crippen LogP contribution is -2.20. The highest BCUT2D eigenvalue weighted by atomic mass is 79.9. The second-order valence-electron chi connectivity index (χ2n) is 3.44. The van der Waals surface area contributed by atoms with Gasteiger partial charge in [0, 0.05) is 0 Å². The van der Waals surface area contributed by atoms with Crippen LogP contribution in [0.15, 0.2) is 18.2 Å². The molecule has 0 amide bonds. The smallest absolute Gasteiger partial charge is 0.320 e. The van der Waals surface area contributed by atoms with Crippen molar-refractivity contribution in [3.8, 4) is 11.5 Å². The maximum Gasteiger partial charge on any atom is 0.320 e. The third-order valence-corrected chi connectivity index (χ3v) is 5.08. The average molecular weight is 382 g/mol. The van der Waals surface area contributed by atoms with E-state index in [1.165, 1.54) is 7.11 Å². The maximum absolute atomic E-state index is 11.4.